The number of aromatic nitrogens is 4. The number of anilines is 1. The first kappa shape index (κ1) is 14.4. The predicted molar refractivity (Wildman–Crippen MR) is 90.2 cm³/mol. The predicted octanol–water partition coefficient (Wildman–Crippen LogP) is 2.54. The Bertz CT molecular complexity index is 919. The molecule has 0 aliphatic carbocycles. The molecular weight excluding hydrogens is 300 g/mol. The van der Waals surface area contributed by atoms with Gasteiger partial charge in [0.1, 0.15) is 11.8 Å². The van der Waals surface area contributed by atoms with E-state index in [-0.39, 0.29) is 0 Å². The molecule has 6 nitrogen and oxygen atoms in total. The van der Waals surface area contributed by atoms with Crippen molar-refractivity contribution in [3.05, 3.63) is 59.7 Å². The van der Waals surface area contributed by atoms with Gasteiger partial charge in [0.2, 0.25) is 0 Å². The van der Waals surface area contributed by atoms with Crippen LogP contribution >= 0.6 is 0 Å². The minimum Gasteiger partial charge on any atom is -0.361 e. The van der Waals surface area contributed by atoms with Crippen LogP contribution in [-0.2, 0) is 13.1 Å². The summed E-state index contributed by atoms with van der Waals surface area (Å²) in [5.74, 6) is 0. The van der Waals surface area contributed by atoms with E-state index in [0.29, 0.717) is 12.1 Å². The smallest absolute Gasteiger partial charge is 0.111 e. The van der Waals surface area contributed by atoms with Crippen LogP contribution < -0.4 is 4.90 Å². The quantitative estimate of drug-likeness (QED) is 0.726. The first-order valence-electron chi connectivity index (χ1n) is 7.83. The van der Waals surface area contributed by atoms with Gasteiger partial charge >= 0.3 is 0 Å². The van der Waals surface area contributed by atoms with E-state index in [4.69, 9.17) is 0 Å². The fraction of sp³-hybridized carbons (Fsp3) is 0.222. The van der Waals surface area contributed by atoms with Gasteiger partial charge in [-0.3, -0.25) is 14.6 Å². The highest BCUT2D eigenvalue weighted by molar-refractivity contribution is 5.59. The topological polar surface area (TPSA) is 70.6 Å². The zero-order chi connectivity index (χ0) is 16.5. The lowest BCUT2D eigenvalue weighted by atomic mass is 10.2. The molecule has 3 aromatic rings. The highest BCUT2D eigenvalue weighted by atomic mass is 15.3. The molecule has 0 bridgehead atoms. The Kier molecular flexibility index (Phi) is 3.47. The van der Waals surface area contributed by atoms with E-state index < -0.39 is 0 Å². The lowest BCUT2D eigenvalue weighted by Gasteiger charge is -2.29. The third-order valence-corrected chi connectivity index (χ3v) is 4.23. The summed E-state index contributed by atoms with van der Waals surface area (Å²) in [5.41, 5.74) is 5.55. The molecule has 1 aliphatic rings. The molecule has 0 aromatic carbocycles. The molecule has 0 amide bonds. The molecule has 0 saturated heterocycles. The van der Waals surface area contributed by atoms with Crippen molar-refractivity contribution in [1.29, 1.82) is 5.26 Å². The third-order valence-electron chi connectivity index (χ3n) is 4.23. The Labute approximate surface area is 140 Å². The summed E-state index contributed by atoms with van der Waals surface area (Å²) < 4.78 is 2.02. The lowest BCUT2D eigenvalue weighted by molar-refractivity contribution is 0.520. The molecule has 24 heavy (non-hydrogen) atoms. The maximum Gasteiger partial charge on any atom is 0.111 e. The van der Waals surface area contributed by atoms with Gasteiger partial charge in [0, 0.05) is 18.9 Å². The normalized spacial score (nSPS) is 13.4. The van der Waals surface area contributed by atoms with E-state index in [0.717, 1.165) is 41.4 Å². The van der Waals surface area contributed by atoms with Crippen molar-refractivity contribution in [3.63, 3.8) is 0 Å². The Morgan fingerprint density at radius 1 is 1.12 bits per heavy atom. The van der Waals surface area contributed by atoms with E-state index in [1.165, 1.54) is 0 Å². The minimum absolute atomic E-state index is 0.651. The van der Waals surface area contributed by atoms with E-state index in [2.05, 4.69) is 32.1 Å². The first-order valence-corrected chi connectivity index (χ1v) is 7.83. The van der Waals surface area contributed by atoms with Crippen molar-refractivity contribution >= 4 is 5.69 Å². The Balaban J connectivity index is 1.64. The van der Waals surface area contributed by atoms with E-state index >= 15 is 0 Å². The molecule has 118 valence electrons. The van der Waals surface area contributed by atoms with Crippen LogP contribution in [0.25, 0.3) is 11.4 Å². The molecule has 0 fully saturated rings. The molecule has 1 aliphatic heterocycles. The molecule has 6 heteroatoms. The van der Waals surface area contributed by atoms with Crippen molar-refractivity contribution < 1.29 is 0 Å². The Morgan fingerprint density at radius 2 is 2.04 bits per heavy atom. The van der Waals surface area contributed by atoms with Crippen LogP contribution in [0.4, 0.5) is 5.69 Å². The molecular formula is C18H16N6. The zero-order valence-corrected chi connectivity index (χ0v) is 13.3. The maximum absolute atomic E-state index is 9.29. The van der Waals surface area contributed by atoms with Crippen molar-refractivity contribution in [1.82, 2.24) is 19.7 Å². The van der Waals surface area contributed by atoms with Crippen LogP contribution in [0.15, 0.2) is 42.9 Å². The molecule has 4 rings (SSSR count). The second kappa shape index (κ2) is 5.78. The highest BCUT2D eigenvalue weighted by Gasteiger charge is 2.21. The number of aryl methyl sites for hydroxylation is 1. The fourth-order valence-electron chi connectivity index (χ4n) is 2.95. The average molecular weight is 316 g/mol. The van der Waals surface area contributed by atoms with Gasteiger partial charge < -0.3 is 4.90 Å². The van der Waals surface area contributed by atoms with E-state index in [1.807, 2.05) is 29.9 Å². The summed E-state index contributed by atoms with van der Waals surface area (Å²) in [5, 5.41) is 14.0. The Hall–Kier alpha value is -3.20. The lowest BCUT2D eigenvalue weighted by Crippen LogP contribution is -2.34. The summed E-state index contributed by atoms with van der Waals surface area (Å²) in [7, 11) is 0. The summed E-state index contributed by atoms with van der Waals surface area (Å²) >= 11 is 0. The maximum atomic E-state index is 9.29. The van der Waals surface area contributed by atoms with Gasteiger partial charge in [0.05, 0.1) is 41.9 Å². The standard InChI is InChI=1S/C18H16N6/c1-13-2-3-16(21-10-13)17-8-15-12-23(6-7-24(15)22-17)18-11-20-5-4-14(18)9-19/h2-5,8,10-11H,6-7,12H2,1H3. The van der Waals surface area contributed by atoms with Gasteiger partial charge in [-0.25, -0.2) is 0 Å². The number of pyridine rings is 2. The number of hydrogen-bond donors (Lipinski definition) is 0. The zero-order valence-electron chi connectivity index (χ0n) is 13.3. The average Bonchev–Trinajstić information content (AvgIpc) is 3.05. The highest BCUT2D eigenvalue weighted by Crippen LogP contribution is 2.26. The number of hydrogen-bond acceptors (Lipinski definition) is 5. The monoisotopic (exact) mass is 316 g/mol. The molecule has 0 unspecified atom stereocenters. The second-order valence-corrected chi connectivity index (χ2v) is 5.89. The van der Waals surface area contributed by atoms with Gasteiger partial charge in [-0.15, -0.1) is 0 Å². The first-order chi connectivity index (χ1) is 11.7. The van der Waals surface area contributed by atoms with E-state index in [9.17, 15) is 5.26 Å². The van der Waals surface area contributed by atoms with Crippen LogP contribution in [0.3, 0.4) is 0 Å². The van der Waals surface area contributed by atoms with Gasteiger partial charge in [0.15, 0.2) is 0 Å². The van der Waals surface area contributed by atoms with Crippen LogP contribution in [0.1, 0.15) is 16.8 Å². The molecule has 0 N–H and O–H groups in total. The van der Waals surface area contributed by atoms with Gasteiger partial charge in [0.25, 0.3) is 0 Å². The second-order valence-electron chi connectivity index (χ2n) is 5.89. The van der Waals surface area contributed by atoms with Crippen molar-refractivity contribution in [2.75, 3.05) is 11.4 Å². The molecule has 0 radical (unpaired) electrons. The van der Waals surface area contributed by atoms with Crippen LogP contribution in [0, 0.1) is 18.3 Å². The third kappa shape index (κ3) is 2.50. The van der Waals surface area contributed by atoms with Gasteiger partial charge in [-0.2, -0.15) is 10.4 Å². The number of nitriles is 1. The molecule has 0 atom stereocenters. The van der Waals surface area contributed by atoms with Crippen LogP contribution in [0.5, 0.6) is 0 Å². The Morgan fingerprint density at radius 3 is 2.83 bits per heavy atom. The van der Waals surface area contributed by atoms with Crippen LogP contribution in [-0.4, -0.2) is 26.3 Å². The summed E-state index contributed by atoms with van der Waals surface area (Å²) in [6, 6.07) is 10.1. The van der Waals surface area contributed by atoms with Crippen LogP contribution in [0.2, 0.25) is 0 Å². The molecule has 4 heterocycles. The fourth-order valence-corrected chi connectivity index (χ4v) is 2.95. The number of nitrogens with zero attached hydrogens (tertiary/aromatic N) is 6. The molecule has 3 aromatic heterocycles. The van der Waals surface area contributed by atoms with Gasteiger partial charge in [-0.1, -0.05) is 6.07 Å². The van der Waals surface area contributed by atoms with Gasteiger partial charge in [-0.05, 0) is 30.7 Å². The number of fused-ring (bicyclic) bond motifs is 1. The molecule has 0 spiro atoms. The summed E-state index contributed by atoms with van der Waals surface area (Å²) in [6.45, 7) is 4.31. The largest absolute Gasteiger partial charge is 0.361 e. The number of rotatable bonds is 2. The van der Waals surface area contributed by atoms with E-state index in [1.54, 1.807) is 18.5 Å². The SMILES string of the molecule is Cc1ccc(-c2cc3n(n2)CCN(c2cnccc2C#N)C3)nc1. The summed E-state index contributed by atoms with van der Waals surface area (Å²) in [6.07, 6.45) is 5.26. The minimum atomic E-state index is 0.651. The van der Waals surface area contributed by atoms with Crippen molar-refractivity contribution in [3.8, 4) is 17.5 Å². The summed E-state index contributed by atoms with van der Waals surface area (Å²) in [4.78, 5) is 10.8. The molecule has 0 saturated carbocycles. The van der Waals surface area contributed by atoms with Crippen molar-refractivity contribution in [2.45, 2.75) is 20.0 Å². The van der Waals surface area contributed by atoms with Crippen molar-refractivity contribution in [2.24, 2.45) is 0 Å².